The number of halogens is 2. The predicted octanol–water partition coefficient (Wildman–Crippen LogP) is 3.64. The van der Waals surface area contributed by atoms with Crippen molar-refractivity contribution in [3.05, 3.63) is 57.9 Å². The average Bonchev–Trinajstić information content (AvgIpc) is 2.62. The quantitative estimate of drug-likeness (QED) is 0.842. The Balaban J connectivity index is 2.34. The number of rotatable bonds is 3. The van der Waals surface area contributed by atoms with Gasteiger partial charge in [0.2, 0.25) is 0 Å². The highest BCUT2D eigenvalue weighted by Crippen LogP contribution is 2.20. The first kappa shape index (κ1) is 13.5. The van der Waals surface area contributed by atoms with E-state index >= 15 is 0 Å². The number of hydrogen-bond acceptors (Lipinski definition) is 1. The normalized spacial score (nSPS) is 10.8. The van der Waals surface area contributed by atoms with Gasteiger partial charge in [-0.25, -0.2) is 8.78 Å². The summed E-state index contributed by atoms with van der Waals surface area (Å²) in [6.45, 7) is 5.59. The van der Waals surface area contributed by atoms with Crippen LogP contribution in [0.4, 0.5) is 8.78 Å². The lowest BCUT2D eigenvalue weighted by atomic mass is 10.0. The number of aromatic nitrogens is 1. The Hall–Kier alpha value is -1.97. The molecule has 0 atom stereocenters. The summed E-state index contributed by atoms with van der Waals surface area (Å²) in [5.74, 6) is -1.69. The van der Waals surface area contributed by atoms with Crippen molar-refractivity contribution in [2.75, 3.05) is 0 Å². The molecule has 4 heteroatoms. The van der Waals surface area contributed by atoms with Gasteiger partial charge in [0.25, 0.3) is 0 Å². The van der Waals surface area contributed by atoms with Crippen LogP contribution in [0.2, 0.25) is 0 Å². The fourth-order valence-electron chi connectivity index (χ4n) is 2.07. The zero-order valence-corrected chi connectivity index (χ0v) is 11.1. The molecular weight excluding hydrogens is 248 g/mol. The van der Waals surface area contributed by atoms with E-state index in [-0.39, 0.29) is 17.8 Å². The van der Waals surface area contributed by atoms with E-state index in [1.165, 1.54) is 6.07 Å². The maximum Gasteiger partial charge on any atom is 0.183 e. The van der Waals surface area contributed by atoms with Crippen LogP contribution >= 0.6 is 0 Å². The minimum atomic E-state index is -0.689. The molecule has 1 aromatic carbocycles. The molecule has 0 saturated carbocycles. The van der Waals surface area contributed by atoms with E-state index < -0.39 is 11.6 Å². The Morgan fingerprint density at radius 3 is 2.16 bits per heavy atom. The number of Topliss-reactive ketones (excluding diaryl/α,β-unsaturated/α-hetero) is 1. The SMILES string of the molecule is Cc1[nH]c(C(=O)Cc2c(F)cccc2F)c(C)c1C. The van der Waals surface area contributed by atoms with Crippen molar-refractivity contribution in [2.45, 2.75) is 27.2 Å². The molecule has 1 heterocycles. The van der Waals surface area contributed by atoms with Gasteiger partial charge in [0, 0.05) is 17.7 Å². The smallest absolute Gasteiger partial charge is 0.183 e. The Bertz CT molecular complexity index is 624. The molecule has 0 aliphatic heterocycles. The average molecular weight is 263 g/mol. The van der Waals surface area contributed by atoms with Gasteiger partial charge in [-0.3, -0.25) is 4.79 Å². The lowest BCUT2D eigenvalue weighted by molar-refractivity contribution is 0.0985. The summed E-state index contributed by atoms with van der Waals surface area (Å²) >= 11 is 0. The molecule has 0 aliphatic carbocycles. The van der Waals surface area contributed by atoms with Gasteiger partial charge in [-0.1, -0.05) is 6.07 Å². The second-order valence-corrected chi connectivity index (χ2v) is 4.68. The molecule has 0 saturated heterocycles. The monoisotopic (exact) mass is 263 g/mol. The highest BCUT2D eigenvalue weighted by Gasteiger charge is 2.18. The lowest BCUT2D eigenvalue weighted by Crippen LogP contribution is -2.09. The fraction of sp³-hybridized carbons (Fsp3) is 0.267. The standard InChI is InChI=1S/C15H15F2NO/c1-8-9(2)15(18-10(8)3)14(19)7-11-12(16)5-4-6-13(11)17/h4-6,18H,7H2,1-3H3. The molecule has 1 N–H and O–H groups in total. The van der Waals surface area contributed by atoms with Gasteiger partial charge >= 0.3 is 0 Å². The fourth-order valence-corrected chi connectivity index (χ4v) is 2.07. The Kier molecular flexibility index (Phi) is 3.51. The Morgan fingerprint density at radius 1 is 1.11 bits per heavy atom. The van der Waals surface area contributed by atoms with Crippen molar-refractivity contribution in [3.63, 3.8) is 0 Å². The third-order valence-corrected chi connectivity index (χ3v) is 3.49. The number of aryl methyl sites for hydroxylation is 1. The van der Waals surface area contributed by atoms with Gasteiger partial charge in [0.05, 0.1) is 5.69 Å². The van der Waals surface area contributed by atoms with E-state index in [0.717, 1.165) is 29.0 Å². The second kappa shape index (κ2) is 4.96. The molecule has 2 aromatic rings. The molecule has 100 valence electrons. The van der Waals surface area contributed by atoms with E-state index in [9.17, 15) is 13.6 Å². The highest BCUT2D eigenvalue weighted by molar-refractivity contribution is 5.97. The molecule has 0 spiro atoms. The van der Waals surface area contributed by atoms with E-state index in [4.69, 9.17) is 0 Å². The first-order valence-electron chi connectivity index (χ1n) is 6.03. The molecule has 0 amide bonds. The van der Waals surface area contributed by atoms with E-state index in [1.807, 2.05) is 20.8 Å². The molecule has 0 aliphatic rings. The summed E-state index contributed by atoms with van der Waals surface area (Å²) in [7, 11) is 0. The van der Waals surface area contributed by atoms with Crippen LogP contribution in [-0.4, -0.2) is 10.8 Å². The highest BCUT2D eigenvalue weighted by atomic mass is 19.1. The second-order valence-electron chi connectivity index (χ2n) is 4.68. The minimum Gasteiger partial charge on any atom is -0.356 e. The van der Waals surface area contributed by atoms with Gasteiger partial charge in [-0.05, 0) is 44.0 Å². The first-order chi connectivity index (χ1) is 8.91. The molecule has 0 unspecified atom stereocenters. The van der Waals surface area contributed by atoms with Crippen molar-refractivity contribution in [2.24, 2.45) is 0 Å². The zero-order chi connectivity index (χ0) is 14.2. The van der Waals surface area contributed by atoms with Crippen LogP contribution in [0.25, 0.3) is 0 Å². The Morgan fingerprint density at radius 2 is 1.68 bits per heavy atom. The first-order valence-corrected chi connectivity index (χ1v) is 6.03. The number of ketones is 1. The van der Waals surface area contributed by atoms with Crippen LogP contribution in [-0.2, 0) is 6.42 Å². The number of nitrogens with one attached hydrogen (secondary N) is 1. The van der Waals surface area contributed by atoms with Crippen LogP contribution in [0.15, 0.2) is 18.2 Å². The Labute approximate surface area is 110 Å². The summed E-state index contributed by atoms with van der Waals surface area (Å²) in [5.41, 5.74) is 2.97. The maximum atomic E-state index is 13.5. The van der Waals surface area contributed by atoms with Crippen molar-refractivity contribution < 1.29 is 13.6 Å². The number of aromatic amines is 1. The molecule has 0 fully saturated rings. The van der Waals surface area contributed by atoms with Crippen molar-refractivity contribution in [1.82, 2.24) is 4.98 Å². The summed E-state index contributed by atoms with van der Waals surface area (Å²) in [5, 5.41) is 0. The molecular formula is C15H15F2NO. The molecule has 1 aromatic heterocycles. The van der Waals surface area contributed by atoms with Crippen molar-refractivity contribution in [3.8, 4) is 0 Å². The third-order valence-electron chi connectivity index (χ3n) is 3.49. The van der Waals surface area contributed by atoms with E-state index in [2.05, 4.69) is 4.98 Å². The molecule has 2 nitrogen and oxygen atoms in total. The van der Waals surface area contributed by atoms with E-state index in [0.29, 0.717) is 5.69 Å². The van der Waals surface area contributed by atoms with Gasteiger partial charge in [0.15, 0.2) is 5.78 Å². The summed E-state index contributed by atoms with van der Waals surface area (Å²) in [6, 6.07) is 3.60. The number of H-pyrrole nitrogens is 1. The van der Waals surface area contributed by atoms with Crippen molar-refractivity contribution in [1.29, 1.82) is 0 Å². The summed E-state index contributed by atoms with van der Waals surface area (Å²) < 4.78 is 27.0. The third kappa shape index (κ3) is 2.43. The number of carbonyl (C=O) groups excluding carboxylic acids is 1. The largest absolute Gasteiger partial charge is 0.356 e. The number of benzene rings is 1. The van der Waals surface area contributed by atoms with Crippen molar-refractivity contribution >= 4 is 5.78 Å². The van der Waals surface area contributed by atoms with Crippen LogP contribution in [0.3, 0.4) is 0 Å². The molecule has 19 heavy (non-hydrogen) atoms. The van der Waals surface area contributed by atoms with Crippen LogP contribution < -0.4 is 0 Å². The molecule has 0 bridgehead atoms. The topological polar surface area (TPSA) is 32.9 Å². The van der Waals surface area contributed by atoms with Crippen LogP contribution in [0.5, 0.6) is 0 Å². The maximum absolute atomic E-state index is 13.5. The number of hydrogen-bond donors (Lipinski definition) is 1. The molecule has 2 rings (SSSR count). The zero-order valence-electron chi connectivity index (χ0n) is 11.1. The molecule has 0 radical (unpaired) electrons. The van der Waals surface area contributed by atoms with Crippen LogP contribution in [0, 0.1) is 32.4 Å². The number of carbonyl (C=O) groups is 1. The summed E-state index contributed by atoms with van der Waals surface area (Å²) in [4.78, 5) is 15.1. The van der Waals surface area contributed by atoms with Gasteiger partial charge in [-0.2, -0.15) is 0 Å². The van der Waals surface area contributed by atoms with Gasteiger partial charge < -0.3 is 4.98 Å². The van der Waals surface area contributed by atoms with Crippen LogP contribution in [0.1, 0.15) is 32.9 Å². The predicted molar refractivity (Wildman–Crippen MR) is 69.4 cm³/mol. The minimum absolute atomic E-state index is 0.184. The van der Waals surface area contributed by atoms with Gasteiger partial charge in [0.1, 0.15) is 11.6 Å². The summed E-state index contributed by atoms with van der Waals surface area (Å²) in [6.07, 6.45) is -0.279. The van der Waals surface area contributed by atoms with Gasteiger partial charge in [-0.15, -0.1) is 0 Å². The lowest BCUT2D eigenvalue weighted by Gasteiger charge is -2.04. The van der Waals surface area contributed by atoms with E-state index in [1.54, 1.807) is 0 Å².